The van der Waals surface area contributed by atoms with E-state index in [9.17, 15) is 14.4 Å². The predicted octanol–water partition coefficient (Wildman–Crippen LogP) is 6.70. The Morgan fingerprint density at radius 3 is 2.15 bits per heavy atom. The number of carbonyl (C=O) groups is 3. The van der Waals surface area contributed by atoms with Gasteiger partial charge in [0.05, 0.1) is 0 Å². The summed E-state index contributed by atoms with van der Waals surface area (Å²) in [5.74, 6) is -0.399. The van der Waals surface area contributed by atoms with Gasteiger partial charge in [-0.3, -0.25) is 9.59 Å². The van der Waals surface area contributed by atoms with E-state index in [2.05, 4.69) is 17.6 Å². The highest BCUT2D eigenvalue weighted by molar-refractivity contribution is 5.92. The summed E-state index contributed by atoms with van der Waals surface area (Å²) < 4.78 is 5.49. The number of benzene rings is 2. The van der Waals surface area contributed by atoms with E-state index < -0.39 is 23.8 Å². The third-order valence-corrected chi connectivity index (χ3v) is 6.49. The van der Waals surface area contributed by atoms with Crippen molar-refractivity contribution in [2.75, 3.05) is 6.54 Å². The van der Waals surface area contributed by atoms with Gasteiger partial charge in [-0.05, 0) is 57.6 Å². The molecular weight excluding hydrogens is 502 g/mol. The largest absolute Gasteiger partial charge is 0.444 e. The Bertz CT molecular complexity index is 1060. The second-order valence-electron chi connectivity index (χ2n) is 11.9. The van der Waals surface area contributed by atoms with Crippen molar-refractivity contribution in [1.29, 1.82) is 0 Å². The Kier molecular flexibility index (Phi) is 13.2. The molecule has 0 aliphatic rings. The molecule has 3 amide bonds. The first-order chi connectivity index (χ1) is 18.9. The van der Waals surface area contributed by atoms with Gasteiger partial charge in [-0.1, -0.05) is 100 Å². The average molecular weight is 552 g/mol. The van der Waals surface area contributed by atoms with E-state index in [-0.39, 0.29) is 17.7 Å². The monoisotopic (exact) mass is 551 g/mol. The van der Waals surface area contributed by atoms with Crippen molar-refractivity contribution < 1.29 is 19.1 Å². The van der Waals surface area contributed by atoms with Crippen LogP contribution in [0.4, 0.5) is 4.79 Å². The first-order valence-corrected chi connectivity index (χ1v) is 14.6. The molecule has 0 spiro atoms. The van der Waals surface area contributed by atoms with Gasteiger partial charge >= 0.3 is 6.09 Å². The molecule has 2 atom stereocenters. The van der Waals surface area contributed by atoms with E-state index in [1.165, 1.54) is 0 Å². The Balaban J connectivity index is 2.46. The van der Waals surface area contributed by atoms with Crippen LogP contribution in [0.3, 0.4) is 0 Å². The molecule has 40 heavy (non-hydrogen) atoms. The van der Waals surface area contributed by atoms with Gasteiger partial charge in [0.1, 0.15) is 17.7 Å². The lowest BCUT2D eigenvalue weighted by Gasteiger charge is -2.35. The van der Waals surface area contributed by atoms with Gasteiger partial charge in [-0.2, -0.15) is 0 Å². The smallest absolute Gasteiger partial charge is 0.408 e. The molecular formula is C33H49N3O4. The lowest BCUT2D eigenvalue weighted by atomic mass is 9.98. The van der Waals surface area contributed by atoms with Gasteiger partial charge in [0.15, 0.2) is 0 Å². The zero-order chi connectivity index (χ0) is 29.7. The van der Waals surface area contributed by atoms with Gasteiger partial charge in [0.25, 0.3) is 0 Å². The average Bonchev–Trinajstić information content (AvgIpc) is 2.88. The van der Waals surface area contributed by atoms with Gasteiger partial charge in [0, 0.05) is 13.1 Å². The Labute approximate surface area is 241 Å². The van der Waals surface area contributed by atoms with E-state index in [4.69, 9.17) is 4.74 Å². The summed E-state index contributed by atoms with van der Waals surface area (Å²) in [7, 11) is 0. The fourth-order valence-electron chi connectivity index (χ4n) is 4.52. The van der Waals surface area contributed by atoms with Crippen molar-refractivity contribution in [2.45, 2.75) is 105 Å². The van der Waals surface area contributed by atoms with Crippen LogP contribution >= 0.6 is 0 Å². The van der Waals surface area contributed by atoms with Crippen LogP contribution in [-0.2, 0) is 20.9 Å². The number of carbonyl (C=O) groups excluding carboxylic acids is 3. The van der Waals surface area contributed by atoms with Crippen LogP contribution in [0.15, 0.2) is 54.6 Å². The van der Waals surface area contributed by atoms with Crippen LogP contribution in [-0.4, -0.2) is 41.0 Å². The summed E-state index contributed by atoms with van der Waals surface area (Å²) in [6, 6.07) is 15.8. The lowest BCUT2D eigenvalue weighted by Crippen LogP contribution is -2.53. The van der Waals surface area contributed by atoms with Crippen LogP contribution in [0.25, 0.3) is 0 Å². The summed E-state index contributed by atoms with van der Waals surface area (Å²) >= 11 is 0. The third kappa shape index (κ3) is 11.4. The maximum atomic E-state index is 14.3. The minimum atomic E-state index is -0.839. The number of aryl methyl sites for hydroxylation is 1. The number of nitrogens with one attached hydrogen (secondary N) is 2. The van der Waals surface area contributed by atoms with Crippen LogP contribution < -0.4 is 10.6 Å². The molecule has 2 N–H and O–H groups in total. The van der Waals surface area contributed by atoms with Crippen molar-refractivity contribution in [3.8, 4) is 0 Å². The highest BCUT2D eigenvalue weighted by Gasteiger charge is 2.36. The number of alkyl carbamates (subject to hydrolysis) is 1. The Morgan fingerprint density at radius 2 is 1.57 bits per heavy atom. The van der Waals surface area contributed by atoms with Crippen molar-refractivity contribution in [3.05, 3.63) is 71.3 Å². The van der Waals surface area contributed by atoms with Gasteiger partial charge < -0.3 is 20.3 Å². The first kappa shape index (κ1) is 32.9. The molecule has 2 aromatic carbocycles. The van der Waals surface area contributed by atoms with Crippen LogP contribution in [0.5, 0.6) is 0 Å². The molecule has 0 saturated carbocycles. The fraction of sp³-hybridized carbons (Fsp3) is 0.545. The summed E-state index contributed by atoms with van der Waals surface area (Å²) in [6.45, 7) is 14.3. The quantitative estimate of drug-likeness (QED) is 0.256. The molecule has 0 bridgehead atoms. The number of unbranched alkanes of at least 4 members (excludes halogenated alkanes) is 3. The lowest BCUT2D eigenvalue weighted by molar-refractivity contribution is -0.143. The van der Waals surface area contributed by atoms with E-state index >= 15 is 0 Å². The molecule has 0 radical (unpaired) electrons. The molecule has 0 aliphatic heterocycles. The molecule has 2 aromatic rings. The van der Waals surface area contributed by atoms with E-state index in [0.717, 1.165) is 42.4 Å². The van der Waals surface area contributed by atoms with Crippen molar-refractivity contribution in [2.24, 2.45) is 5.92 Å². The van der Waals surface area contributed by atoms with Crippen LogP contribution in [0.2, 0.25) is 0 Å². The summed E-state index contributed by atoms with van der Waals surface area (Å²) in [6.07, 6.45) is 3.59. The standard InChI is InChI=1S/C33H49N3O4/c1-8-9-10-14-21-36(31(38)28(22-24(2)3)35-32(39)40-33(5,6)7)29(27-19-17-25(4)18-20-27)30(37)34-23-26-15-12-11-13-16-26/h11-13,15-20,24,28-29H,8-10,14,21-23H2,1-7H3,(H,34,37)(H,35,39). The van der Waals surface area contributed by atoms with Crippen molar-refractivity contribution in [1.82, 2.24) is 15.5 Å². The molecule has 7 heteroatoms. The van der Waals surface area contributed by atoms with E-state index in [0.29, 0.717) is 19.5 Å². The predicted molar refractivity (Wildman–Crippen MR) is 161 cm³/mol. The molecule has 7 nitrogen and oxygen atoms in total. The number of hydrogen-bond acceptors (Lipinski definition) is 4. The number of amides is 3. The Hall–Kier alpha value is -3.35. The van der Waals surface area contributed by atoms with E-state index in [1.807, 2.05) is 75.4 Å². The normalized spacial score (nSPS) is 12.9. The number of nitrogens with zero attached hydrogens (tertiary/aromatic N) is 1. The molecule has 0 aliphatic carbocycles. The van der Waals surface area contributed by atoms with E-state index in [1.54, 1.807) is 25.7 Å². The minimum absolute atomic E-state index is 0.135. The van der Waals surface area contributed by atoms with Gasteiger partial charge in [0.2, 0.25) is 11.8 Å². The maximum absolute atomic E-state index is 14.3. The minimum Gasteiger partial charge on any atom is -0.444 e. The highest BCUT2D eigenvalue weighted by atomic mass is 16.6. The summed E-state index contributed by atoms with van der Waals surface area (Å²) in [5.41, 5.74) is 2.08. The highest BCUT2D eigenvalue weighted by Crippen LogP contribution is 2.25. The molecule has 0 fully saturated rings. The maximum Gasteiger partial charge on any atom is 0.408 e. The first-order valence-electron chi connectivity index (χ1n) is 14.6. The number of ether oxygens (including phenoxy) is 1. The van der Waals surface area contributed by atoms with Crippen molar-refractivity contribution in [3.63, 3.8) is 0 Å². The molecule has 220 valence electrons. The second kappa shape index (κ2) is 16.0. The Morgan fingerprint density at radius 1 is 0.925 bits per heavy atom. The van der Waals surface area contributed by atoms with Gasteiger partial charge in [-0.15, -0.1) is 0 Å². The van der Waals surface area contributed by atoms with Gasteiger partial charge in [-0.25, -0.2) is 4.79 Å². The third-order valence-electron chi connectivity index (χ3n) is 6.49. The fourth-order valence-corrected chi connectivity index (χ4v) is 4.52. The SMILES string of the molecule is CCCCCCN(C(=O)C(CC(C)C)NC(=O)OC(C)(C)C)C(C(=O)NCc1ccccc1)c1ccc(C)cc1. The summed E-state index contributed by atoms with van der Waals surface area (Å²) in [4.78, 5) is 42.6. The molecule has 0 aromatic heterocycles. The molecule has 2 unspecified atom stereocenters. The zero-order valence-corrected chi connectivity index (χ0v) is 25.5. The molecule has 2 rings (SSSR count). The van der Waals surface area contributed by atoms with Crippen molar-refractivity contribution >= 4 is 17.9 Å². The number of hydrogen-bond donors (Lipinski definition) is 2. The topological polar surface area (TPSA) is 87.7 Å². The number of rotatable bonds is 14. The van der Waals surface area contributed by atoms with Crippen LogP contribution in [0.1, 0.15) is 96.4 Å². The van der Waals surface area contributed by atoms with Crippen LogP contribution in [0, 0.1) is 12.8 Å². The summed E-state index contributed by atoms with van der Waals surface area (Å²) in [5, 5.41) is 5.87. The second-order valence-corrected chi connectivity index (χ2v) is 11.9. The zero-order valence-electron chi connectivity index (χ0n) is 25.5. The molecule has 0 heterocycles. The molecule has 0 saturated heterocycles.